The Balaban J connectivity index is 1.51. The van der Waals surface area contributed by atoms with Gasteiger partial charge in [0.15, 0.2) is 0 Å². The molecule has 1 fully saturated rings. The number of likely N-dealkylation sites (tertiary alicyclic amines) is 1. The summed E-state index contributed by atoms with van der Waals surface area (Å²) in [6.45, 7) is 6.81. The Morgan fingerprint density at radius 2 is 1.97 bits per heavy atom. The van der Waals surface area contributed by atoms with Gasteiger partial charge in [-0.05, 0) is 62.4 Å². The third kappa shape index (κ3) is 4.46. The normalized spacial score (nSPS) is 16.5. The smallest absolute Gasteiger partial charge is 0.256 e. The summed E-state index contributed by atoms with van der Waals surface area (Å²) in [5.41, 5.74) is 1.90. The molecule has 0 radical (unpaired) electrons. The number of hydrogen-bond acceptors (Lipinski definition) is 4. The Morgan fingerprint density at radius 3 is 2.63 bits per heavy atom. The Bertz CT molecular complexity index is 978. The van der Waals surface area contributed by atoms with Gasteiger partial charge in [-0.1, -0.05) is 42.8 Å². The van der Waals surface area contributed by atoms with E-state index in [0.717, 1.165) is 24.7 Å². The van der Waals surface area contributed by atoms with Gasteiger partial charge in [0, 0.05) is 11.4 Å². The maximum atomic E-state index is 13.1. The van der Waals surface area contributed by atoms with Crippen molar-refractivity contribution in [3.05, 3.63) is 69.1 Å². The molecule has 3 aromatic rings. The third-order valence-corrected chi connectivity index (χ3v) is 7.14. The van der Waals surface area contributed by atoms with E-state index in [9.17, 15) is 4.79 Å². The number of carbonyl (C=O) groups is 1. The van der Waals surface area contributed by atoms with E-state index >= 15 is 0 Å². The summed E-state index contributed by atoms with van der Waals surface area (Å²) in [5, 5.41) is 10.1. The van der Waals surface area contributed by atoms with Gasteiger partial charge in [0.1, 0.15) is 5.15 Å². The molecule has 1 aromatic carbocycles. The van der Waals surface area contributed by atoms with Crippen LogP contribution in [0.15, 0.2) is 47.8 Å². The molecule has 1 aliphatic heterocycles. The second-order valence-electron chi connectivity index (χ2n) is 7.96. The van der Waals surface area contributed by atoms with E-state index in [1.54, 1.807) is 16.0 Å². The standard InChI is InChI=1S/C23H27ClN4OS/c1-16-10-12-27(13-11-16)19(20-9-6-14-30-20)15-25-23(29)21-17(2)26-28(22(21)24)18-7-4-3-5-8-18/h3-9,14,16,19H,10-13,15H2,1-2H3,(H,25,29). The van der Waals surface area contributed by atoms with Crippen molar-refractivity contribution in [3.8, 4) is 5.69 Å². The van der Waals surface area contributed by atoms with Gasteiger partial charge in [-0.25, -0.2) is 4.68 Å². The van der Waals surface area contributed by atoms with Crippen LogP contribution in [-0.2, 0) is 0 Å². The van der Waals surface area contributed by atoms with E-state index in [-0.39, 0.29) is 11.9 Å². The van der Waals surface area contributed by atoms with Crippen LogP contribution in [0.5, 0.6) is 0 Å². The first-order valence-electron chi connectivity index (χ1n) is 10.4. The number of benzene rings is 1. The van der Waals surface area contributed by atoms with Crippen molar-refractivity contribution >= 4 is 28.8 Å². The van der Waals surface area contributed by atoms with E-state index in [4.69, 9.17) is 11.6 Å². The summed E-state index contributed by atoms with van der Waals surface area (Å²) in [6.07, 6.45) is 2.40. The zero-order valence-corrected chi connectivity index (χ0v) is 18.9. The minimum absolute atomic E-state index is 0.174. The average Bonchev–Trinajstić information content (AvgIpc) is 3.38. The molecular formula is C23H27ClN4OS. The van der Waals surface area contributed by atoms with Crippen LogP contribution in [0, 0.1) is 12.8 Å². The number of rotatable bonds is 6. The number of para-hydroxylation sites is 1. The molecule has 1 unspecified atom stereocenters. The molecule has 1 atom stereocenters. The van der Waals surface area contributed by atoms with Crippen LogP contribution in [0.3, 0.4) is 0 Å². The summed E-state index contributed by atoms with van der Waals surface area (Å²) in [7, 11) is 0. The fraction of sp³-hybridized carbons (Fsp3) is 0.391. The zero-order chi connectivity index (χ0) is 21.1. The van der Waals surface area contributed by atoms with Crippen LogP contribution in [0.2, 0.25) is 5.15 Å². The van der Waals surface area contributed by atoms with Crippen molar-refractivity contribution < 1.29 is 4.79 Å². The summed E-state index contributed by atoms with van der Waals surface area (Å²) in [4.78, 5) is 16.9. The lowest BCUT2D eigenvalue weighted by Gasteiger charge is -2.36. The zero-order valence-electron chi connectivity index (χ0n) is 17.3. The molecule has 158 valence electrons. The van der Waals surface area contributed by atoms with Crippen molar-refractivity contribution in [1.29, 1.82) is 0 Å². The fourth-order valence-corrected chi connectivity index (χ4v) is 5.22. The van der Waals surface area contributed by atoms with Gasteiger partial charge in [0.2, 0.25) is 0 Å². The number of aromatic nitrogens is 2. The van der Waals surface area contributed by atoms with Crippen LogP contribution >= 0.6 is 22.9 Å². The molecule has 1 aliphatic rings. The molecule has 0 spiro atoms. The van der Waals surface area contributed by atoms with Gasteiger partial charge < -0.3 is 5.32 Å². The summed E-state index contributed by atoms with van der Waals surface area (Å²) >= 11 is 8.32. The minimum Gasteiger partial charge on any atom is -0.350 e. The predicted octanol–water partition coefficient (Wildman–Crippen LogP) is 5.10. The molecule has 4 rings (SSSR count). The molecule has 0 aliphatic carbocycles. The fourth-order valence-electron chi connectivity index (χ4n) is 4.01. The molecular weight excluding hydrogens is 416 g/mol. The highest BCUT2D eigenvalue weighted by molar-refractivity contribution is 7.10. The SMILES string of the molecule is Cc1nn(-c2ccccc2)c(Cl)c1C(=O)NCC(c1cccs1)N1CCC(C)CC1. The maximum Gasteiger partial charge on any atom is 0.256 e. The first kappa shape index (κ1) is 21.1. The lowest BCUT2D eigenvalue weighted by Crippen LogP contribution is -2.41. The maximum absolute atomic E-state index is 13.1. The molecule has 5 nitrogen and oxygen atoms in total. The average molecular weight is 443 g/mol. The van der Waals surface area contributed by atoms with Crippen LogP contribution in [-0.4, -0.2) is 40.2 Å². The topological polar surface area (TPSA) is 50.2 Å². The molecule has 1 saturated heterocycles. The summed E-state index contributed by atoms with van der Waals surface area (Å²) in [5.74, 6) is 0.594. The minimum atomic E-state index is -0.174. The quantitative estimate of drug-likeness (QED) is 0.577. The molecule has 0 saturated carbocycles. The van der Waals surface area contributed by atoms with Crippen LogP contribution in [0.25, 0.3) is 5.69 Å². The number of hydrogen-bond donors (Lipinski definition) is 1. The molecule has 1 amide bonds. The largest absolute Gasteiger partial charge is 0.350 e. The van der Waals surface area contributed by atoms with E-state index in [1.807, 2.05) is 37.3 Å². The van der Waals surface area contributed by atoms with Gasteiger partial charge in [-0.3, -0.25) is 9.69 Å². The molecule has 7 heteroatoms. The highest BCUT2D eigenvalue weighted by Crippen LogP contribution is 2.29. The number of piperidine rings is 1. The van der Waals surface area contributed by atoms with Gasteiger partial charge in [-0.2, -0.15) is 5.10 Å². The lowest BCUT2D eigenvalue weighted by atomic mass is 9.97. The number of nitrogens with one attached hydrogen (secondary N) is 1. The molecule has 2 aromatic heterocycles. The second kappa shape index (κ2) is 9.33. The Kier molecular flexibility index (Phi) is 6.56. The monoisotopic (exact) mass is 442 g/mol. The van der Waals surface area contributed by atoms with E-state index < -0.39 is 0 Å². The predicted molar refractivity (Wildman–Crippen MR) is 123 cm³/mol. The first-order chi connectivity index (χ1) is 14.5. The second-order valence-corrected chi connectivity index (χ2v) is 9.30. The highest BCUT2D eigenvalue weighted by Gasteiger charge is 2.27. The van der Waals surface area contributed by atoms with Gasteiger partial charge >= 0.3 is 0 Å². The molecule has 30 heavy (non-hydrogen) atoms. The molecule has 3 heterocycles. The van der Waals surface area contributed by atoms with Gasteiger partial charge in [0.05, 0.1) is 23.0 Å². The Hall–Kier alpha value is -2.15. The number of carbonyl (C=O) groups excluding carboxylic acids is 1. The molecule has 0 bridgehead atoms. The lowest BCUT2D eigenvalue weighted by molar-refractivity contribution is 0.0914. The van der Waals surface area contributed by atoms with Crippen molar-refractivity contribution in [1.82, 2.24) is 20.0 Å². The number of thiophene rings is 1. The summed E-state index contributed by atoms with van der Waals surface area (Å²) in [6, 6.07) is 14.0. The van der Waals surface area contributed by atoms with Gasteiger partial charge in [-0.15, -0.1) is 11.3 Å². The van der Waals surface area contributed by atoms with Crippen molar-refractivity contribution in [3.63, 3.8) is 0 Å². The van der Waals surface area contributed by atoms with Crippen molar-refractivity contribution in [2.24, 2.45) is 5.92 Å². The van der Waals surface area contributed by atoms with E-state index in [1.165, 1.54) is 17.7 Å². The van der Waals surface area contributed by atoms with Crippen LogP contribution in [0.4, 0.5) is 0 Å². The van der Waals surface area contributed by atoms with Crippen molar-refractivity contribution in [2.75, 3.05) is 19.6 Å². The third-order valence-electron chi connectivity index (χ3n) is 5.82. The number of nitrogens with zero attached hydrogens (tertiary/aromatic N) is 3. The highest BCUT2D eigenvalue weighted by atomic mass is 35.5. The van der Waals surface area contributed by atoms with E-state index in [2.05, 4.69) is 39.8 Å². The van der Waals surface area contributed by atoms with Gasteiger partial charge in [0.25, 0.3) is 5.91 Å². The first-order valence-corrected chi connectivity index (χ1v) is 11.7. The van der Waals surface area contributed by atoms with Crippen LogP contribution < -0.4 is 5.32 Å². The number of amides is 1. The summed E-state index contributed by atoms with van der Waals surface area (Å²) < 4.78 is 1.62. The number of halogens is 1. The number of aryl methyl sites for hydroxylation is 1. The van der Waals surface area contributed by atoms with Crippen LogP contribution in [0.1, 0.15) is 46.7 Å². The molecule has 1 N–H and O–H groups in total. The Labute approximate surface area is 186 Å². The van der Waals surface area contributed by atoms with Crippen molar-refractivity contribution in [2.45, 2.75) is 32.7 Å². The van der Waals surface area contributed by atoms with E-state index in [0.29, 0.717) is 23.0 Å². The Morgan fingerprint density at radius 1 is 1.23 bits per heavy atom.